The topological polar surface area (TPSA) is 85.7 Å². The third kappa shape index (κ3) is 5.93. The van der Waals surface area contributed by atoms with Crippen LogP contribution in [0.25, 0.3) is 11.0 Å². The highest BCUT2D eigenvalue weighted by Crippen LogP contribution is 2.27. The predicted molar refractivity (Wildman–Crippen MR) is 135 cm³/mol. The van der Waals surface area contributed by atoms with E-state index in [2.05, 4.69) is 9.88 Å². The lowest BCUT2D eigenvalue weighted by Gasteiger charge is -2.20. The number of carbonyl (C=O) groups excluding carboxylic acids is 2. The lowest BCUT2D eigenvalue weighted by Crippen LogP contribution is -2.32. The van der Waals surface area contributed by atoms with Gasteiger partial charge in [-0.3, -0.25) is 9.59 Å². The number of fused-ring (bicyclic) bond motifs is 1. The summed E-state index contributed by atoms with van der Waals surface area (Å²) in [4.78, 5) is 32.4. The van der Waals surface area contributed by atoms with Gasteiger partial charge in [0.25, 0.3) is 5.91 Å². The Morgan fingerprint density at radius 3 is 2.46 bits per heavy atom. The second-order valence-electron chi connectivity index (χ2n) is 8.79. The van der Waals surface area contributed by atoms with Gasteiger partial charge in [-0.2, -0.15) is 0 Å². The number of hydrogen-bond donors (Lipinski definition) is 1. The van der Waals surface area contributed by atoms with E-state index in [0.717, 1.165) is 42.8 Å². The average Bonchev–Trinajstić information content (AvgIpc) is 3.04. The van der Waals surface area contributed by atoms with E-state index in [1.807, 2.05) is 29.2 Å². The van der Waals surface area contributed by atoms with Crippen LogP contribution in [0, 0.1) is 0 Å². The number of rotatable bonds is 9. The molecule has 1 aliphatic heterocycles. The summed E-state index contributed by atoms with van der Waals surface area (Å²) in [5.74, 6) is 1.97. The number of amides is 2. The highest BCUT2D eigenvalue weighted by molar-refractivity contribution is 5.94. The molecule has 2 amide bonds. The average molecular weight is 479 g/mol. The van der Waals surface area contributed by atoms with Crippen molar-refractivity contribution < 1.29 is 19.1 Å². The van der Waals surface area contributed by atoms with Crippen molar-refractivity contribution in [1.82, 2.24) is 19.8 Å². The van der Waals surface area contributed by atoms with Crippen molar-refractivity contribution in [3.63, 3.8) is 0 Å². The number of methoxy groups -OCH3 is 2. The molecule has 0 spiro atoms. The van der Waals surface area contributed by atoms with Crippen LogP contribution in [0.3, 0.4) is 0 Å². The van der Waals surface area contributed by atoms with Gasteiger partial charge in [0.2, 0.25) is 5.91 Å². The maximum Gasteiger partial charge on any atom is 0.251 e. The molecule has 1 N–H and O–H groups in total. The minimum Gasteiger partial charge on any atom is -0.493 e. The Morgan fingerprint density at radius 1 is 0.971 bits per heavy atom. The van der Waals surface area contributed by atoms with Crippen LogP contribution in [0.2, 0.25) is 0 Å². The molecule has 3 aromatic rings. The van der Waals surface area contributed by atoms with Crippen LogP contribution in [0.5, 0.6) is 11.5 Å². The van der Waals surface area contributed by atoms with Gasteiger partial charge in [0.1, 0.15) is 5.82 Å². The van der Waals surface area contributed by atoms with Gasteiger partial charge in [-0.05, 0) is 43.2 Å². The lowest BCUT2D eigenvalue weighted by molar-refractivity contribution is -0.131. The molecular formula is C27H34N4O4. The molecular weight excluding hydrogens is 444 g/mol. The maximum absolute atomic E-state index is 12.9. The first kappa shape index (κ1) is 24.6. The van der Waals surface area contributed by atoms with Crippen molar-refractivity contribution >= 4 is 22.8 Å². The number of ether oxygens (including phenoxy) is 2. The SMILES string of the molecule is COc1ccc(C(=O)NCCc2nc3ccccc3n2CCC(=O)N2CCCCCC2)cc1OC. The molecule has 1 fully saturated rings. The Labute approximate surface area is 206 Å². The Kier molecular flexibility index (Phi) is 8.23. The Morgan fingerprint density at radius 2 is 1.71 bits per heavy atom. The lowest BCUT2D eigenvalue weighted by atomic mass is 10.2. The first-order valence-corrected chi connectivity index (χ1v) is 12.3. The number of para-hydroxylation sites is 2. The van der Waals surface area contributed by atoms with Crippen LogP contribution in [0.4, 0.5) is 0 Å². The molecule has 0 saturated carbocycles. The summed E-state index contributed by atoms with van der Waals surface area (Å²) in [5.41, 5.74) is 2.41. The molecule has 0 aliphatic carbocycles. The summed E-state index contributed by atoms with van der Waals surface area (Å²) in [7, 11) is 3.10. The second-order valence-corrected chi connectivity index (χ2v) is 8.79. The summed E-state index contributed by atoms with van der Waals surface area (Å²) in [5, 5.41) is 2.97. The van der Waals surface area contributed by atoms with Gasteiger partial charge in [0, 0.05) is 44.6 Å². The van der Waals surface area contributed by atoms with Gasteiger partial charge >= 0.3 is 0 Å². The fourth-order valence-corrected chi connectivity index (χ4v) is 4.62. The van der Waals surface area contributed by atoms with Crippen molar-refractivity contribution in [2.24, 2.45) is 0 Å². The molecule has 8 heteroatoms. The van der Waals surface area contributed by atoms with Crippen molar-refractivity contribution in [1.29, 1.82) is 0 Å². The fraction of sp³-hybridized carbons (Fsp3) is 0.444. The van der Waals surface area contributed by atoms with E-state index in [1.54, 1.807) is 32.4 Å². The molecule has 2 heterocycles. The summed E-state index contributed by atoms with van der Waals surface area (Å²) in [6.07, 6.45) is 5.59. The Balaban J connectivity index is 1.41. The van der Waals surface area contributed by atoms with Crippen LogP contribution in [0.1, 0.15) is 48.3 Å². The van der Waals surface area contributed by atoms with Gasteiger partial charge in [-0.15, -0.1) is 0 Å². The second kappa shape index (κ2) is 11.7. The smallest absolute Gasteiger partial charge is 0.251 e. The largest absolute Gasteiger partial charge is 0.493 e. The van der Waals surface area contributed by atoms with Gasteiger partial charge in [-0.1, -0.05) is 25.0 Å². The molecule has 1 aromatic heterocycles. The van der Waals surface area contributed by atoms with E-state index in [4.69, 9.17) is 14.5 Å². The number of aromatic nitrogens is 2. The number of aryl methyl sites for hydroxylation is 1. The van der Waals surface area contributed by atoms with Gasteiger partial charge in [0.05, 0.1) is 25.3 Å². The van der Waals surface area contributed by atoms with E-state index in [0.29, 0.717) is 43.0 Å². The van der Waals surface area contributed by atoms with Crippen LogP contribution >= 0.6 is 0 Å². The third-order valence-corrected chi connectivity index (χ3v) is 6.52. The van der Waals surface area contributed by atoms with E-state index in [9.17, 15) is 9.59 Å². The highest BCUT2D eigenvalue weighted by Gasteiger charge is 2.18. The third-order valence-electron chi connectivity index (χ3n) is 6.52. The van der Waals surface area contributed by atoms with E-state index < -0.39 is 0 Å². The number of hydrogen-bond acceptors (Lipinski definition) is 5. The molecule has 186 valence electrons. The monoisotopic (exact) mass is 478 g/mol. The van der Waals surface area contributed by atoms with Gasteiger partial charge < -0.3 is 24.3 Å². The standard InChI is InChI=1S/C27H34N4O4/c1-34-23-12-11-20(19-24(23)35-2)27(33)28-15-13-25-29-21-9-5-6-10-22(21)31(25)18-14-26(32)30-16-7-3-4-8-17-30/h5-6,9-12,19H,3-4,7-8,13-18H2,1-2H3,(H,28,33). The first-order valence-electron chi connectivity index (χ1n) is 12.3. The van der Waals surface area contributed by atoms with Crippen LogP contribution < -0.4 is 14.8 Å². The molecule has 35 heavy (non-hydrogen) atoms. The highest BCUT2D eigenvalue weighted by atomic mass is 16.5. The summed E-state index contributed by atoms with van der Waals surface area (Å²) in [6, 6.07) is 13.1. The molecule has 2 aromatic carbocycles. The molecule has 0 radical (unpaired) electrons. The molecule has 4 rings (SSSR count). The minimum absolute atomic E-state index is 0.190. The molecule has 1 saturated heterocycles. The first-order chi connectivity index (χ1) is 17.1. The summed E-state index contributed by atoms with van der Waals surface area (Å²) < 4.78 is 12.7. The van der Waals surface area contributed by atoms with Crippen molar-refractivity contribution in [3.05, 3.63) is 53.9 Å². The molecule has 8 nitrogen and oxygen atoms in total. The molecule has 0 unspecified atom stereocenters. The van der Waals surface area contributed by atoms with E-state index >= 15 is 0 Å². The van der Waals surface area contributed by atoms with E-state index in [-0.39, 0.29) is 11.8 Å². The quantitative estimate of drug-likeness (QED) is 0.505. The summed E-state index contributed by atoms with van der Waals surface area (Å²) in [6.45, 7) is 2.72. The van der Waals surface area contributed by atoms with Gasteiger partial charge in [-0.25, -0.2) is 4.98 Å². The number of benzene rings is 2. The van der Waals surface area contributed by atoms with Crippen molar-refractivity contribution in [3.8, 4) is 11.5 Å². The van der Waals surface area contributed by atoms with Crippen molar-refractivity contribution in [2.75, 3.05) is 33.9 Å². The Hall–Kier alpha value is -3.55. The minimum atomic E-state index is -0.190. The summed E-state index contributed by atoms with van der Waals surface area (Å²) >= 11 is 0. The number of imidazole rings is 1. The zero-order valence-electron chi connectivity index (χ0n) is 20.6. The van der Waals surface area contributed by atoms with Gasteiger partial charge in [0.15, 0.2) is 11.5 Å². The number of likely N-dealkylation sites (tertiary alicyclic amines) is 1. The molecule has 0 atom stereocenters. The number of carbonyl (C=O) groups is 2. The fourth-order valence-electron chi connectivity index (χ4n) is 4.62. The molecule has 0 bridgehead atoms. The van der Waals surface area contributed by atoms with E-state index in [1.165, 1.54) is 12.8 Å². The Bertz CT molecular complexity index is 1170. The number of nitrogens with one attached hydrogen (secondary N) is 1. The van der Waals surface area contributed by atoms with Crippen molar-refractivity contribution in [2.45, 2.75) is 45.1 Å². The predicted octanol–water partition coefficient (Wildman–Crippen LogP) is 3.82. The molecule has 1 aliphatic rings. The van der Waals surface area contributed by atoms with Crippen LogP contribution in [-0.2, 0) is 17.8 Å². The zero-order chi connectivity index (χ0) is 24.6. The normalized spacial score (nSPS) is 13.9. The number of nitrogens with zero attached hydrogens (tertiary/aromatic N) is 3. The zero-order valence-corrected chi connectivity index (χ0v) is 20.6. The van der Waals surface area contributed by atoms with Crippen LogP contribution in [0.15, 0.2) is 42.5 Å². The maximum atomic E-state index is 12.9. The van der Waals surface area contributed by atoms with Crippen LogP contribution in [-0.4, -0.2) is 60.1 Å².